The summed E-state index contributed by atoms with van der Waals surface area (Å²) in [5.74, 6) is 0.0312. The highest BCUT2D eigenvalue weighted by Crippen LogP contribution is 2.58. The molecule has 0 saturated heterocycles. The Morgan fingerprint density at radius 2 is 1.00 bits per heavy atom. The summed E-state index contributed by atoms with van der Waals surface area (Å²) in [6.07, 6.45) is 4.67. The van der Waals surface area contributed by atoms with E-state index in [-0.39, 0.29) is 5.78 Å². The Balaban J connectivity index is 1.31. The molecule has 0 fully saturated rings. The van der Waals surface area contributed by atoms with E-state index in [2.05, 4.69) is 138 Å². The Hall–Kier alpha value is -5.93. The van der Waals surface area contributed by atoms with E-state index in [0.29, 0.717) is 11.1 Å². The molecule has 47 heavy (non-hydrogen) atoms. The lowest BCUT2D eigenvalue weighted by Gasteiger charge is -2.32. The van der Waals surface area contributed by atoms with Gasteiger partial charge < -0.3 is 9.13 Å². The lowest BCUT2D eigenvalue weighted by molar-refractivity contribution is 0.103. The quantitative estimate of drug-likeness (QED) is 0.180. The molecule has 3 heteroatoms. The third-order valence-corrected chi connectivity index (χ3v) is 10.1. The molecule has 0 spiro atoms. The fourth-order valence-electron chi connectivity index (χ4n) is 7.94. The maximum Gasteiger partial charge on any atom is 0.193 e. The minimum absolute atomic E-state index is 0.0312. The molecule has 0 unspecified atom stereocenters. The third-order valence-electron chi connectivity index (χ3n) is 10.1. The molecule has 0 amide bonds. The third kappa shape index (κ3) is 3.90. The number of nitrogens with zero attached hydrogens (tertiary/aromatic N) is 2. The molecule has 0 aliphatic heterocycles. The number of rotatable bonds is 5. The van der Waals surface area contributed by atoms with Gasteiger partial charge in [-0.15, -0.1) is 0 Å². The maximum absolute atomic E-state index is 13.3. The van der Waals surface area contributed by atoms with Crippen LogP contribution in [0.2, 0.25) is 0 Å². The molecule has 8 aromatic rings. The van der Waals surface area contributed by atoms with E-state index in [9.17, 15) is 4.79 Å². The number of fused-ring (bicyclic) bond motifs is 5. The number of aromatic nitrogens is 2. The molecule has 0 bridgehead atoms. The van der Waals surface area contributed by atoms with Gasteiger partial charge in [0.15, 0.2) is 5.78 Å². The Morgan fingerprint density at radius 3 is 1.64 bits per heavy atom. The lowest BCUT2D eigenvalue weighted by atomic mass is 9.67. The largest absolute Gasteiger partial charge is 0.350 e. The average molecular weight is 605 g/mol. The van der Waals surface area contributed by atoms with Gasteiger partial charge in [0.05, 0.1) is 10.9 Å². The summed E-state index contributed by atoms with van der Waals surface area (Å²) in [6.45, 7) is 2.03. The van der Waals surface area contributed by atoms with Crippen LogP contribution in [-0.4, -0.2) is 14.9 Å². The fourth-order valence-corrected chi connectivity index (χ4v) is 7.94. The van der Waals surface area contributed by atoms with Crippen LogP contribution < -0.4 is 0 Å². The van der Waals surface area contributed by atoms with Crippen LogP contribution in [-0.2, 0) is 12.5 Å². The second-order valence-corrected chi connectivity index (χ2v) is 12.7. The summed E-state index contributed by atoms with van der Waals surface area (Å²) in [7, 11) is 2.15. The first-order valence-electron chi connectivity index (χ1n) is 16.1. The monoisotopic (exact) mass is 604 g/mol. The van der Waals surface area contributed by atoms with Crippen molar-refractivity contribution in [2.24, 2.45) is 7.05 Å². The number of carbonyl (C=O) groups excluding carboxylic acids is 1. The van der Waals surface area contributed by atoms with E-state index in [4.69, 9.17) is 0 Å². The second kappa shape index (κ2) is 10.3. The number of carbonyl (C=O) groups is 1. The smallest absolute Gasteiger partial charge is 0.193 e. The van der Waals surface area contributed by atoms with E-state index < -0.39 is 5.41 Å². The van der Waals surface area contributed by atoms with Crippen molar-refractivity contribution in [1.29, 1.82) is 0 Å². The molecule has 0 saturated carbocycles. The van der Waals surface area contributed by atoms with Crippen LogP contribution >= 0.6 is 0 Å². The molecule has 6 aromatic carbocycles. The van der Waals surface area contributed by atoms with Gasteiger partial charge in [0.25, 0.3) is 0 Å². The van der Waals surface area contributed by atoms with Crippen molar-refractivity contribution in [2.45, 2.75) is 12.3 Å². The minimum Gasteiger partial charge on any atom is -0.350 e. The summed E-state index contributed by atoms with van der Waals surface area (Å²) in [5.41, 5.74) is 13.0. The molecular weight excluding hydrogens is 572 g/mol. The summed E-state index contributed by atoms with van der Waals surface area (Å²) in [5, 5.41) is 2.45. The zero-order chi connectivity index (χ0) is 31.7. The summed E-state index contributed by atoms with van der Waals surface area (Å²) in [4.78, 5) is 13.3. The van der Waals surface area contributed by atoms with E-state index in [1.54, 1.807) is 0 Å². The molecule has 1 aliphatic carbocycles. The Morgan fingerprint density at radius 1 is 0.511 bits per heavy atom. The van der Waals surface area contributed by atoms with Crippen molar-refractivity contribution in [3.8, 4) is 16.8 Å². The molecule has 9 rings (SSSR count). The first kappa shape index (κ1) is 27.4. The lowest BCUT2D eigenvalue weighted by Crippen LogP contribution is -2.28. The molecule has 0 atom stereocenters. The molecule has 1 aliphatic rings. The first-order chi connectivity index (χ1) is 23.1. The van der Waals surface area contributed by atoms with Crippen molar-refractivity contribution < 1.29 is 4.79 Å². The number of hydrogen-bond donors (Lipinski definition) is 0. The van der Waals surface area contributed by atoms with Crippen LogP contribution in [0.4, 0.5) is 0 Å². The Labute approximate surface area is 274 Å². The molecule has 3 nitrogen and oxygen atoms in total. The van der Waals surface area contributed by atoms with Crippen molar-refractivity contribution in [2.75, 3.05) is 0 Å². The topological polar surface area (TPSA) is 26.9 Å². The van der Waals surface area contributed by atoms with E-state index in [0.717, 1.165) is 16.8 Å². The molecular formula is C44H32N2O. The summed E-state index contributed by atoms with van der Waals surface area (Å²) in [6, 6.07) is 51.1. The average Bonchev–Trinajstić information content (AvgIpc) is 3.77. The maximum atomic E-state index is 13.3. The first-order valence-corrected chi connectivity index (χ1v) is 16.1. The number of aryl methyl sites for hydroxylation is 2. The van der Waals surface area contributed by atoms with Crippen LogP contribution in [0.25, 0.3) is 38.6 Å². The van der Waals surface area contributed by atoms with Gasteiger partial charge in [-0.05, 0) is 76.7 Å². The van der Waals surface area contributed by atoms with Crippen LogP contribution in [0.5, 0.6) is 0 Å². The fraction of sp³-hybridized carbons (Fsp3) is 0.0682. The van der Waals surface area contributed by atoms with Crippen LogP contribution in [0, 0.1) is 6.92 Å². The Kier molecular flexibility index (Phi) is 6.00. The number of para-hydroxylation sites is 2. The zero-order valence-corrected chi connectivity index (χ0v) is 26.3. The predicted molar refractivity (Wildman–Crippen MR) is 192 cm³/mol. The van der Waals surface area contributed by atoms with Gasteiger partial charge in [0, 0.05) is 52.5 Å². The van der Waals surface area contributed by atoms with Crippen molar-refractivity contribution in [3.05, 3.63) is 197 Å². The van der Waals surface area contributed by atoms with Gasteiger partial charge in [-0.25, -0.2) is 0 Å². The molecule has 0 N–H and O–H groups in total. The predicted octanol–water partition coefficient (Wildman–Crippen LogP) is 10.0. The van der Waals surface area contributed by atoms with Crippen molar-refractivity contribution >= 4 is 27.6 Å². The van der Waals surface area contributed by atoms with Gasteiger partial charge >= 0.3 is 0 Å². The normalized spacial score (nSPS) is 13.1. The van der Waals surface area contributed by atoms with Crippen LogP contribution in [0.3, 0.4) is 0 Å². The summed E-state index contributed by atoms with van der Waals surface area (Å²) < 4.78 is 4.56. The highest BCUT2D eigenvalue weighted by Gasteiger charge is 2.48. The summed E-state index contributed by atoms with van der Waals surface area (Å²) >= 11 is 0. The van der Waals surface area contributed by atoms with Crippen molar-refractivity contribution in [3.63, 3.8) is 0 Å². The van der Waals surface area contributed by atoms with Crippen LogP contribution in [0.15, 0.2) is 158 Å². The second-order valence-electron chi connectivity index (χ2n) is 12.7. The van der Waals surface area contributed by atoms with E-state index >= 15 is 0 Å². The highest BCUT2D eigenvalue weighted by molar-refractivity contribution is 6.09. The molecule has 2 aromatic heterocycles. The van der Waals surface area contributed by atoms with Gasteiger partial charge in [0.1, 0.15) is 0 Å². The minimum atomic E-state index is -0.555. The number of ketones is 1. The molecule has 0 radical (unpaired) electrons. The van der Waals surface area contributed by atoms with Crippen LogP contribution in [0.1, 0.15) is 43.7 Å². The Bertz CT molecular complexity index is 2450. The van der Waals surface area contributed by atoms with E-state index in [1.807, 2.05) is 43.3 Å². The number of benzene rings is 6. The van der Waals surface area contributed by atoms with Crippen molar-refractivity contribution in [1.82, 2.24) is 9.13 Å². The zero-order valence-electron chi connectivity index (χ0n) is 26.3. The van der Waals surface area contributed by atoms with E-state index in [1.165, 1.54) is 49.7 Å². The highest BCUT2D eigenvalue weighted by atomic mass is 16.1. The number of hydrogen-bond acceptors (Lipinski definition) is 1. The molecule has 224 valence electrons. The van der Waals surface area contributed by atoms with Gasteiger partial charge in [0.2, 0.25) is 0 Å². The van der Waals surface area contributed by atoms with Gasteiger partial charge in [-0.1, -0.05) is 115 Å². The standard InChI is InChI=1S/C44H32N2O/c1-29-19-21-30(22-20-29)43(47)31-23-25-32(26-24-31)46-28-40(36-14-6-10-18-42(36)46)44(39-27-45(2)41-17-9-5-13-35(39)41)37-15-7-3-11-33(37)34-12-4-8-16-38(34)44/h3-28H,1-2H3. The SMILES string of the molecule is Cc1ccc(C(=O)c2ccc(-n3cc(C4(c5cn(C)c6ccccc56)c5ccccc5-c5ccccc54)c4ccccc43)cc2)cc1. The molecule has 2 heterocycles. The van der Waals surface area contributed by atoms with Gasteiger partial charge in [-0.2, -0.15) is 0 Å². The van der Waals surface area contributed by atoms with Gasteiger partial charge in [-0.3, -0.25) is 4.79 Å².